The molecule has 1 aliphatic rings. The van der Waals surface area contributed by atoms with Crippen molar-refractivity contribution in [3.8, 4) is 22.6 Å². The molecule has 0 fully saturated rings. The van der Waals surface area contributed by atoms with Gasteiger partial charge < -0.3 is 9.47 Å². The summed E-state index contributed by atoms with van der Waals surface area (Å²) in [5, 5.41) is 2.48. The van der Waals surface area contributed by atoms with Crippen LogP contribution in [0.2, 0.25) is 0 Å². The lowest BCUT2D eigenvalue weighted by Crippen LogP contribution is -2.31. The summed E-state index contributed by atoms with van der Waals surface area (Å²) < 4.78 is 12.7. The molecular formula is C26H19N3O4. The third kappa shape index (κ3) is 3.25. The predicted molar refractivity (Wildman–Crippen MR) is 126 cm³/mol. The summed E-state index contributed by atoms with van der Waals surface area (Å²) in [6.45, 7) is 1.22. The van der Waals surface area contributed by atoms with Crippen LogP contribution < -0.4 is 20.7 Å². The minimum Gasteiger partial charge on any atom is -0.486 e. The molecule has 0 bridgehead atoms. The maximum absolute atomic E-state index is 13.0. The first kappa shape index (κ1) is 19.3. The molecule has 7 nitrogen and oxygen atoms in total. The largest absolute Gasteiger partial charge is 0.486 e. The van der Waals surface area contributed by atoms with Crippen LogP contribution in [0.1, 0.15) is 5.56 Å². The van der Waals surface area contributed by atoms with E-state index >= 15 is 0 Å². The molecule has 5 aromatic rings. The number of rotatable bonds is 3. The standard InChI is InChI=1S/C26H19N3O4/c30-25-23-20(19-7-3-5-17-4-1-2-6-18(17)19)10-11-27-24(23)29(26(31)28-25)15-16-8-9-21-22(14-16)33-13-12-32-21/h1-11,14H,12-13,15H2,(H,28,30,31). The Balaban J connectivity index is 1.55. The van der Waals surface area contributed by atoms with Gasteiger partial charge in [-0.1, -0.05) is 48.5 Å². The van der Waals surface area contributed by atoms with Crippen LogP contribution in [0.4, 0.5) is 0 Å². The number of fused-ring (bicyclic) bond motifs is 3. The third-order valence-electron chi connectivity index (χ3n) is 5.91. The lowest BCUT2D eigenvalue weighted by molar-refractivity contribution is 0.171. The van der Waals surface area contributed by atoms with Crippen molar-refractivity contribution in [1.29, 1.82) is 0 Å². The second-order valence-corrected chi connectivity index (χ2v) is 7.91. The first-order valence-electron chi connectivity index (χ1n) is 10.7. The fraction of sp³-hybridized carbons (Fsp3) is 0.115. The van der Waals surface area contributed by atoms with Crippen molar-refractivity contribution in [3.05, 3.63) is 99.3 Å². The Morgan fingerprint density at radius 2 is 1.70 bits per heavy atom. The van der Waals surface area contributed by atoms with E-state index in [0.717, 1.165) is 27.5 Å². The number of benzene rings is 3. The summed E-state index contributed by atoms with van der Waals surface area (Å²) in [6.07, 6.45) is 1.64. The molecule has 7 heteroatoms. The normalized spacial score (nSPS) is 12.8. The average Bonchev–Trinajstić information content (AvgIpc) is 2.85. The van der Waals surface area contributed by atoms with Crippen LogP contribution in [0.5, 0.6) is 11.5 Å². The molecular weight excluding hydrogens is 418 g/mol. The van der Waals surface area contributed by atoms with E-state index in [2.05, 4.69) is 9.97 Å². The van der Waals surface area contributed by atoms with Crippen LogP contribution in [-0.4, -0.2) is 27.7 Å². The Bertz CT molecular complexity index is 1650. The number of hydrogen-bond acceptors (Lipinski definition) is 5. The molecule has 0 saturated heterocycles. The van der Waals surface area contributed by atoms with Gasteiger partial charge in [0.1, 0.15) is 18.9 Å². The molecule has 0 spiro atoms. The van der Waals surface area contributed by atoms with E-state index < -0.39 is 11.2 Å². The molecule has 0 aliphatic carbocycles. The molecule has 3 aromatic carbocycles. The quantitative estimate of drug-likeness (QED) is 0.465. The number of hydrogen-bond donors (Lipinski definition) is 1. The molecule has 0 amide bonds. The van der Waals surface area contributed by atoms with E-state index in [-0.39, 0.29) is 6.54 Å². The maximum Gasteiger partial charge on any atom is 0.330 e. The Morgan fingerprint density at radius 1 is 0.879 bits per heavy atom. The number of nitrogens with one attached hydrogen (secondary N) is 1. The van der Waals surface area contributed by atoms with Crippen LogP contribution in [-0.2, 0) is 6.54 Å². The van der Waals surface area contributed by atoms with Gasteiger partial charge in [0, 0.05) is 11.8 Å². The Morgan fingerprint density at radius 3 is 2.61 bits per heavy atom. The van der Waals surface area contributed by atoms with Gasteiger partial charge in [0.2, 0.25) is 0 Å². The highest BCUT2D eigenvalue weighted by atomic mass is 16.6. The van der Waals surface area contributed by atoms with Crippen LogP contribution in [0.25, 0.3) is 32.9 Å². The van der Waals surface area contributed by atoms with Gasteiger partial charge in [-0.25, -0.2) is 9.78 Å². The van der Waals surface area contributed by atoms with Crippen molar-refractivity contribution >= 4 is 21.8 Å². The molecule has 1 N–H and O–H groups in total. The van der Waals surface area contributed by atoms with Gasteiger partial charge in [-0.3, -0.25) is 14.3 Å². The average molecular weight is 437 g/mol. The van der Waals surface area contributed by atoms with E-state index in [9.17, 15) is 9.59 Å². The third-order valence-corrected chi connectivity index (χ3v) is 5.91. The molecule has 6 rings (SSSR count). The zero-order valence-electron chi connectivity index (χ0n) is 17.6. The lowest BCUT2D eigenvalue weighted by atomic mass is 9.97. The zero-order chi connectivity index (χ0) is 22.4. The predicted octanol–water partition coefficient (Wildman–Crippen LogP) is 3.72. The molecule has 33 heavy (non-hydrogen) atoms. The monoisotopic (exact) mass is 437 g/mol. The molecule has 162 valence electrons. The van der Waals surface area contributed by atoms with Crippen LogP contribution in [0, 0.1) is 0 Å². The molecule has 0 radical (unpaired) electrons. The SMILES string of the molecule is O=c1[nH]c(=O)n(Cc2ccc3c(c2)OCCO3)c2nccc(-c3cccc4ccccc34)c12. The summed E-state index contributed by atoms with van der Waals surface area (Å²) in [5.41, 5.74) is 1.86. The molecule has 0 unspecified atom stereocenters. The fourth-order valence-corrected chi connectivity index (χ4v) is 4.40. The van der Waals surface area contributed by atoms with Gasteiger partial charge in [-0.2, -0.15) is 0 Å². The van der Waals surface area contributed by atoms with Gasteiger partial charge in [-0.15, -0.1) is 0 Å². The van der Waals surface area contributed by atoms with Crippen molar-refractivity contribution in [3.63, 3.8) is 0 Å². The second-order valence-electron chi connectivity index (χ2n) is 7.91. The van der Waals surface area contributed by atoms with Crippen LogP contribution in [0.15, 0.2) is 82.5 Å². The van der Waals surface area contributed by atoms with Crippen LogP contribution >= 0.6 is 0 Å². The first-order valence-corrected chi connectivity index (χ1v) is 10.7. The molecule has 0 saturated carbocycles. The highest BCUT2D eigenvalue weighted by molar-refractivity contribution is 6.03. The highest BCUT2D eigenvalue weighted by Crippen LogP contribution is 2.33. The summed E-state index contributed by atoms with van der Waals surface area (Å²) in [4.78, 5) is 32.7. The minimum absolute atomic E-state index is 0.231. The minimum atomic E-state index is -0.509. The summed E-state index contributed by atoms with van der Waals surface area (Å²) >= 11 is 0. The first-order chi connectivity index (χ1) is 16.2. The van der Waals surface area contributed by atoms with Gasteiger partial charge in [0.15, 0.2) is 11.5 Å². The second kappa shape index (κ2) is 7.63. The molecule has 2 aromatic heterocycles. The lowest BCUT2D eigenvalue weighted by Gasteiger charge is -2.19. The maximum atomic E-state index is 13.0. The van der Waals surface area contributed by atoms with Gasteiger partial charge in [0.05, 0.1) is 11.9 Å². The van der Waals surface area contributed by atoms with Crippen molar-refractivity contribution in [2.45, 2.75) is 6.54 Å². The zero-order valence-corrected chi connectivity index (χ0v) is 17.6. The van der Waals surface area contributed by atoms with E-state index in [4.69, 9.17) is 9.47 Å². The molecule has 0 atom stereocenters. The number of aromatic nitrogens is 3. The number of ether oxygens (including phenoxy) is 2. The Hall–Kier alpha value is -4.39. The highest BCUT2D eigenvalue weighted by Gasteiger charge is 2.17. The van der Waals surface area contributed by atoms with Gasteiger partial charge in [-0.05, 0) is 40.1 Å². The Kier molecular flexibility index (Phi) is 4.47. The van der Waals surface area contributed by atoms with E-state index in [0.29, 0.717) is 35.7 Å². The van der Waals surface area contributed by atoms with E-state index in [1.807, 2.05) is 66.7 Å². The molecule has 3 heterocycles. The van der Waals surface area contributed by atoms with Crippen molar-refractivity contribution < 1.29 is 9.47 Å². The fourth-order valence-electron chi connectivity index (χ4n) is 4.40. The van der Waals surface area contributed by atoms with Crippen molar-refractivity contribution in [2.24, 2.45) is 0 Å². The number of H-pyrrole nitrogens is 1. The van der Waals surface area contributed by atoms with E-state index in [1.54, 1.807) is 6.20 Å². The van der Waals surface area contributed by atoms with E-state index in [1.165, 1.54) is 4.57 Å². The Labute approximate surface area is 187 Å². The number of nitrogens with zero attached hydrogens (tertiary/aromatic N) is 2. The number of aromatic amines is 1. The van der Waals surface area contributed by atoms with Crippen molar-refractivity contribution in [1.82, 2.24) is 14.5 Å². The van der Waals surface area contributed by atoms with Gasteiger partial charge >= 0.3 is 5.69 Å². The van der Waals surface area contributed by atoms with Gasteiger partial charge in [0.25, 0.3) is 5.56 Å². The summed E-state index contributed by atoms with van der Waals surface area (Å²) in [7, 11) is 0. The topological polar surface area (TPSA) is 86.2 Å². The molecule has 1 aliphatic heterocycles. The summed E-state index contributed by atoms with van der Waals surface area (Å²) in [5.74, 6) is 1.32. The smallest absolute Gasteiger partial charge is 0.330 e. The number of pyridine rings is 1. The van der Waals surface area contributed by atoms with Crippen molar-refractivity contribution in [2.75, 3.05) is 13.2 Å². The van der Waals surface area contributed by atoms with Crippen LogP contribution in [0.3, 0.4) is 0 Å². The summed E-state index contributed by atoms with van der Waals surface area (Å²) in [6, 6.07) is 21.4.